The molecule has 0 spiro atoms. The maximum absolute atomic E-state index is 11.6. The zero-order valence-corrected chi connectivity index (χ0v) is 10.2. The van der Waals surface area contributed by atoms with Crippen molar-refractivity contribution in [3.05, 3.63) is 33.9 Å². The average Bonchev–Trinajstić information content (AvgIpc) is 2.33. The zero-order valence-electron chi connectivity index (χ0n) is 10.2. The number of nitro groups is 1. The molecule has 0 bridgehead atoms. The smallest absolute Gasteiger partial charge is 0.310 e. The van der Waals surface area contributed by atoms with E-state index in [1.54, 1.807) is 0 Å². The first-order valence-corrected chi connectivity index (χ1v) is 5.82. The van der Waals surface area contributed by atoms with Gasteiger partial charge in [-0.3, -0.25) is 14.9 Å². The van der Waals surface area contributed by atoms with E-state index < -0.39 is 16.4 Å². The van der Waals surface area contributed by atoms with Crippen LogP contribution >= 0.6 is 0 Å². The number of carbonyl (C=O) groups is 1. The van der Waals surface area contributed by atoms with Gasteiger partial charge in [-0.2, -0.15) is 0 Å². The summed E-state index contributed by atoms with van der Waals surface area (Å²) in [6.07, 6.45) is 2.99. The summed E-state index contributed by atoms with van der Waals surface area (Å²) in [7, 11) is 0. The third kappa shape index (κ3) is 3.73. The van der Waals surface area contributed by atoms with E-state index in [-0.39, 0.29) is 11.5 Å². The Morgan fingerprint density at radius 3 is 2.72 bits per heavy atom. The van der Waals surface area contributed by atoms with E-state index in [0.29, 0.717) is 6.54 Å². The number of unbranched alkanes of at least 4 members (excludes halogenated alkanes) is 2. The van der Waals surface area contributed by atoms with E-state index in [1.807, 2.05) is 0 Å². The molecule has 98 valence electrons. The molecule has 0 saturated carbocycles. The van der Waals surface area contributed by atoms with E-state index in [4.69, 9.17) is 0 Å². The Morgan fingerprint density at radius 1 is 1.44 bits per heavy atom. The Balaban J connectivity index is 2.64. The van der Waals surface area contributed by atoms with E-state index in [0.717, 1.165) is 31.4 Å². The Bertz CT molecular complexity index is 446. The molecule has 6 nitrogen and oxygen atoms in total. The maximum atomic E-state index is 11.6. The van der Waals surface area contributed by atoms with Crippen LogP contribution in [0.3, 0.4) is 0 Å². The number of phenolic OH excluding ortho intramolecular Hbond substituents is 1. The molecule has 0 aliphatic carbocycles. The van der Waals surface area contributed by atoms with E-state index in [9.17, 15) is 20.0 Å². The molecule has 0 aliphatic rings. The van der Waals surface area contributed by atoms with E-state index in [1.165, 1.54) is 6.07 Å². The number of phenols is 1. The highest BCUT2D eigenvalue weighted by Crippen LogP contribution is 2.26. The lowest BCUT2D eigenvalue weighted by molar-refractivity contribution is -0.385. The summed E-state index contributed by atoms with van der Waals surface area (Å²) in [5.41, 5.74) is -0.188. The molecule has 2 N–H and O–H groups in total. The number of nitrogens with zero attached hydrogens (tertiary/aromatic N) is 1. The first-order chi connectivity index (χ1) is 8.56. The predicted molar refractivity (Wildman–Crippen MR) is 66.6 cm³/mol. The topological polar surface area (TPSA) is 92.5 Å². The summed E-state index contributed by atoms with van der Waals surface area (Å²) in [6, 6.07) is 3.55. The number of nitro benzene ring substituents is 1. The number of amides is 1. The minimum atomic E-state index is -0.696. The molecule has 0 radical (unpaired) electrons. The average molecular weight is 252 g/mol. The molecule has 6 heteroatoms. The first kappa shape index (κ1) is 14.0. The lowest BCUT2D eigenvalue weighted by Gasteiger charge is -2.05. The minimum Gasteiger partial charge on any atom is -0.502 e. The van der Waals surface area contributed by atoms with Gasteiger partial charge in [0.15, 0.2) is 5.75 Å². The summed E-state index contributed by atoms with van der Waals surface area (Å²) < 4.78 is 0. The lowest BCUT2D eigenvalue weighted by Crippen LogP contribution is -2.24. The van der Waals surface area contributed by atoms with Crippen molar-refractivity contribution in [1.29, 1.82) is 0 Å². The van der Waals surface area contributed by atoms with Crippen LogP contribution in [-0.2, 0) is 0 Å². The van der Waals surface area contributed by atoms with Crippen molar-refractivity contribution in [3.63, 3.8) is 0 Å². The van der Waals surface area contributed by atoms with Crippen LogP contribution in [0.15, 0.2) is 18.2 Å². The number of benzene rings is 1. The largest absolute Gasteiger partial charge is 0.502 e. The first-order valence-electron chi connectivity index (χ1n) is 5.82. The number of hydrogen-bond donors (Lipinski definition) is 2. The van der Waals surface area contributed by atoms with Crippen molar-refractivity contribution in [1.82, 2.24) is 5.32 Å². The van der Waals surface area contributed by atoms with Crippen LogP contribution in [0.4, 0.5) is 5.69 Å². The van der Waals surface area contributed by atoms with Crippen LogP contribution in [0.2, 0.25) is 0 Å². The molecule has 0 saturated heterocycles. The molecule has 0 aliphatic heterocycles. The van der Waals surface area contributed by atoms with Crippen LogP contribution in [-0.4, -0.2) is 22.5 Å². The number of hydrogen-bond acceptors (Lipinski definition) is 4. The molecular weight excluding hydrogens is 236 g/mol. The Morgan fingerprint density at radius 2 is 2.17 bits per heavy atom. The van der Waals surface area contributed by atoms with Gasteiger partial charge >= 0.3 is 5.69 Å². The summed E-state index contributed by atoms with van der Waals surface area (Å²) >= 11 is 0. The summed E-state index contributed by atoms with van der Waals surface area (Å²) in [5.74, 6) is -0.836. The SMILES string of the molecule is CCCCCNC(=O)c1ccc([N+](=O)[O-])c(O)c1. The van der Waals surface area contributed by atoms with E-state index in [2.05, 4.69) is 12.2 Å². The molecule has 0 heterocycles. The van der Waals surface area contributed by atoms with Crippen LogP contribution in [0, 0.1) is 10.1 Å². The summed E-state index contributed by atoms with van der Waals surface area (Å²) in [5, 5.41) is 22.6. The molecule has 0 fully saturated rings. The fourth-order valence-corrected chi connectivity index (χ4v) is 1.50. The second-order valence-electron chi connectivity index (χ2n) is 3.92. The van der Waals surface area contributed by atoms with Gasteiger partial charge < -0.3 is 10.4 Å². The van der Waals surface area contributed by atoms with Gasteiger partial charge in [0.2, 0.25) is 0 Å². The zero-order chi connectivity index (χ0) is 13.5. The fraction of sp³-hybridized carbons (Fsp3) is 0.417. The molecule has 18 heavy (non-hydrogen) atoms. The minimum absolute atomic E-state index is 0.217. The van der Waals surface area contributed by atoms with E-state index >= 15 is 0 Å². The van der Waals surface area contributed by atoms with Crippen molar-refractivity contribution < 1.29 is 14.8 Å². The molecule has 1 amide bonds. The quantitative estimate of drug-likeness (QED) is 0.461. The monoisotopic (exact) mass is 252 g/mol. The van der Waals surface area contributed by atoms with Gasteiger partial charge in [0.05, 0.1) is 4.92 Å². The van der Waals surface area contributed by atoms with Crippen LogP contribution in [0.5, 0.6) is 5.75 Å². The van der Waals surface area contributed by atoms with Gasteiger partial charge in [-0.15, -0.1) is 0 Å². The third-order valence-electron chi connectivity index (χ3n) is 2.50. The number of rotatable bonds is 6. The van der Waals surface area contributed by atoms with Gasteiger partial charge in [0.1, 0.15) is 0 Å². The second-order valence-corrected chi connectivity index (χ2v) is 3.92. The maximum Gasteiger partial charge on any atom is 0.310 e. The second kappa shape index (κ2) is 6.58. The van der Waals surface area contributed by atoms with Crippen LogP contribution in [0.25, 0.3) is 0 Å². The third-order valence-corrected chi connectivity index (χ3v) is 2.50. The number of carbonyl (C=O) groups excluding carboxylic acids is 1. The normalized spacial score (nSPS) is 10.1. The van der Waals surface area contributed by atoms with Crippen molar-refractivity contribution in [2.45, 2.75) is 26.2 Å². The molecule has 1 aromatic carbocycles. The molecule has 1 rings (SSSR count). The molecule has 0 unspecified atom stereocenters. The molecule has 0 atom stereocenters. The Hall–Kier alpha value is -2.11. The predicted octanol–water partition coefficient (Wildman–Crippen LogP) is 2.22. The van der Waals surface area contributed by atoms with Crippen molar-refractivity contribution in [3.8, 4) is 5.75 Å². The van der Waals surface area contributed by atoms with Gasteiger partial charge in [0.25, 0.3) is 5.91 Å². The molecule has 1 aromatic rings. The summed E-state index contributed by atoms with van der Waals surface area (Å²) in [6.45, 7) is 2.63. The number of nitrogens with one attached hydrogen (secondary N) is 1. The standard InChI is InChI=1S/C12H16N2O4/c1-2-3-4-7-13-12(16)9-5-6-10(14(17)18)11(15)8-9/h5-6,8,15H,2-4,7H2,1H3,(H,13,16). The van der Waals surface area contributed by atoms with Gasteiger partial charge in [-0.25, -0.2) is 0 Å². The van der Waals surface area contributed by atoms with Crippen molar-refractivity contribution in [2.24, 2.45) is 0 Å². The van der Waals surface area contributed by atoms with Crippen LogP contribution in [0.1, 0.15) is 36.5 Å². The van der Waals surface area contributed by atoms with Gasteiger partial charge in [-0.1, -0.05) is 19.8 Å². The Kier molecular flexibility index (Phi) is 5.10. The van der Waals surface area contributed by atoms with Crippen LogP contribution < -0.4 is 5.32 Å². The highest BCUT2D eigenvalue weighted by molar-refractivity contribution is 5.94. The Labute approximate surface area is 105 Å². The molecule has 0 aromatic heterocycles. The highest BCUT2D eigenvalue weighted by Gasteiger charge is 2.15. The highest BCUT2D eigenvalue weighted by atomic mass is 16.6. The molecular formula is C12H16N2O4. The van der Waals surface area contributed by atoms with Gasteiger partial charge in [-0.05, 0) is 18.6 Å². The van der Waals surface area contributed by atoms with Gasteiger partial charge in [0, 0.05) is 18.2 Å². The fourth-order valence-electron chi connectivity index (χ4n) is 1.50. The summed E-state index contributed by atoms with van der Waals surface area (Å²) in [4.78, 5) is 21.4. The van der Waals surface area contributed by atoms with Crippen molar-refractivity contribution in [2.75, 3.05) is 6.54 Å². The lowest BCUT2D eigenvalue weighted by atomic mass is 10.1. The number of aromatic hydroxyl groups is 1. The van der Waals surface area contributed by atoms with Crippen molar-refractivity contribution >= 4 is 11.6 Å².